The molecule has 0 unspecified atom stereocenters. The molecule has 0 aliphatic carbocycles. The lowest BCUT2D eigenvalue weighted by Gasteiger charge is -2.02. The van der Waals surface area contributed by atoms with Crippen LogP contribution in [-0.2, 0) is 4.79 Å². The van der Waals surface area contributed by atoms with Gasteiger partial charge in [-0.2, -0.15) is 0 Å². The third-order valence-corrected chi connectivity index (χ3v) is 3.94. The van der Waals surface area contributed by atoms with Gasteiger partial charge in [0.15, 0.2) is 0 Å². The molecule has 0 heterocycles. The number of aliphatic carboxylic acids is 1. The molecule has 0 fully saturated rings. The molecule has 136 valence electrons. The van der Waals surface area contributed by atoms with Crippen molar-refractivity contribution in [3.63, 3.8) is 0 Å². The lowest BCUT2D eigenvalue weighted by Crippen LogP contribution is -1.83. The van der Waals surface area contributed by atoms with Gasteiger partial charge in [0.25, 0.3) is 0 Å². The van der Waals surface area contributed by atoms with Crippen molar-refractivity contribution in [2.75, 3.05) is 0 Å². The Hall–Kier alpha value is -1.05. The number of unbranched alkanes of at least 4 members (excludes halogenated alkanes) is 14. The Balaban J connectivity index is 0. The van der Waals surface area contributed by atoms with Crippen LogP contribution < -0.4 is 0 Å². The number of hydrogen-bond acceptors (Lipinski definition) is 1. The average molecular weight is 325 g/mol. The molecule has 0 radical (unpaired) electrons. The molecule has 0 rings (SSSR count). The third-order valence-electron chi connectivity index (χ3n) is 3.94. The Morgan fingerprint density at radius 3 is 1.30 bits per heavy atom. The van der Waals surface area contributed by atoms with Crippen LogP contribution in [0.25, 0.3) is 0 Å². The van der Waals surface area contributed by atoms with Crippen LogP contribution in [0.2, 0.25) is 0 Å². The summed E-state index contributed by atoms with van der Waals surface area (Å²) < 4.78 is 0. The number of allylic oxidation sites excluding steroid dienone is 1. The van der Waals surface area contributed by atoms with Gasteiger partial charge in [0.05, 0.1) is 0 Å². The van der Waals surface area contributed by atoms with Crippen molar-refractivity contribution >= 4 is 5.97 Å². The van der Waals surface area contributed by atoms with Crippen LogP contribution in [-0.4, -0.2) is 11.1 Å². The van der Waals surface area contributed by atoms with E-state index in [2.05, 4.69) is 20.1 Å². The van der Waals surface area contributed by atoms with Gasteiger partial charge in [-0.25, -0.2) is 4.79 Å². The van der Waals surface area contributed by atoms with E-state index < -0.39 is 5.97 Å². The van der Waals surface area contributed by atoms with E-state index in [-0.39, 0.29) is 0 Å². The minimum Gasteiger partial charge on any atom is -0.478 e. The maximum absolute atomic E-state index is 9.25. The van der Waals surface area contributed by atoms with Crippen LogP contribution in [0.5, 0.6) is 0 Å². The topological polar surface area (TPSA) is 37.3 Å². The Bertz CT molecular complexity index is 259. The molecule has 0 saturated carbocycles. The number of hydrogen-bond donors (Lipinski definition) is 1. The quantitative estimate of drug-likeness (QED) is 0.184. The van der Waals surface area contributed by atoms with Gasteiger partial charge in [0, 0.05) is 6.08 Å². The molecule has 0 aromatic carbocycles. The second kappa shape index (κ2) is 23.2. The normalized spacial score (nSPS) is 9.78. The van der Waals surface area contributed by atoms with Gasteiger partial charge in [-0.3, -0.25) is 0 Å². The monoisotopic (exact) mass is 324 g/mol. The number of carboxylic acid groups (broad SMARTS) is 1. The van der Waals surface area contributed by atoms with Gasteiger partial charge < -0.3 is 5.11 Å². The molecule has 0 saturated heterocycles. The van der Waals surface area contributed by atoms with Crippen LogP contribution in [0.3, 0.4) is 0 Å². The molecule has 0 aliphatic rings. The second-order valence-electron chi connectivity index (χ2n) is 6.22. The average Bonchev–Trinajstić information content (AvgIpc) is 2.55. The van der Waals surface area contributed by atoms with Crippen LogP contribution in [0, 0.1) is 0 Å². The third kappa shape index (κ3) is 29.6. The van der Waals surface area contributed by atoms with Crippen molar-refractivity contribution in [1.82, 2.24) is 0 Å². The summed E-state index contributed by atoms with van der Waals surface area (Å²) in [5.41, 5.74) is 0. The summed E-state index contributed by atoms with van der Waals surface area (Å²) in [5, 5.41) is 7.60. The molecular formula is C21H40O2. The van der Waals surface area contributed by atoms with Crippen LogP contribution in [0.4, 0.5) is 0 Å². The summed E-state index contributed by atoms with van der Waals surface area (Å²) in [4.78, 5) is 9.25. The van der Waals surface area contributed by atoms with E-state index in [0.717, 1.165) is 6.08 Å². The molecule has 0 spiro atoms. The van der Waals surface area contributed by atoms with E-state index in [9.17, 15) is 4.79 Å². The van der Waals surface area contributed by atoms with Crippen LogP contribution >= 0.6 is 0 Å². The predicted molar refractivity (Wildman–Crippen MR) is 103 cm³/mol. The van der Waals surface area contributed by atoms with E-state index in [4.69, 9.17) is 5.11 Å². The highest BCUT2D eigenvalue weighted by molar-refractivity contribution is 5.78. The maximum atomic E-state index is 9.25. The number of carbonyl (C=O) groups is 1. The second-order valence-corrected chi connectivity index (χ2v) is 6.22. The fourth-order valence-corrected chi connectivity index (χ4v) is 2.48. The molecular weight excluding hydrogens is 284 g/mol. The van der Waals surface area contributed by atoms with Gasteiger partial charge in [0.2, 0.25) is 0 Å². The van der Waals surface area contributed by atoms with E-state index in [1.165, 1.54) is 96.3 Å². The SMILES string of the molecule is C=CC(=O)O.C=CCCCCCCCCCCCCCCCC. The molecule has 0 atom stereocenters. The molecule has 2 nitrogen and oxygen atoms in total. The van der Waals surface area contributed by atoms with Gasteiger partial charge in [0.1, 0.15) is 0 Å². The standard InChI is InChI=1S/C18H36.C3H4O2/c1-3-5-7-9-11-13-15-17-18-16-14-12-10-8-6-4-2;1-2-3(4)5/h3H,1,4-18H2,2H3;2H,1H2,(H,4,5). The van der Waals surface area contributed by atoms with E-state index in [1.54, 1.807) is 0 Å². The van der Waals surface area contributed by atoms with E-state index >= 15 is 0 Å². The zero-order chi connectivity index (χ0) is 17.6. The molecule has 0 amide bonds. The van der Waals surface area contributed by atoms with Crippen molar-refractivity contribution in [2.45, 2.75) is 103 Å². The predicted octanol–water partition coefficient (Wildman–Crippen LogP) is 7.30. The highest BCUT2D eigenvalue weighted by atomic mass is 16.4. The first-order valence-electron chi connectivity index (χ1n) is 9.65. The largest absolute Gasteiger partial charge is 0.478 e. The lowest BCUT2D eigenvalue weighted by molar-refractivity contribution is -0.131. The summed E-state index contributed by atoms with van der Waals surface area (Å²) in [5.74, 6) is -0.981. The molecule has 23 heavy (non-hydrogen) atoms. The van der Waals surface area contributed by atoms with E-state index in [1.807, 2.05) is 6.08 Å². The highest BCUT2D eigenvalue weighted by Crippen LogP contribution is 2.13. The summed E-state index contributed by atoms with van der Waals surface area (Å²) in [7, 11) is 0. The van der Waals surface area contributed by atoms with Gasteiger partial charge in [-0.05, 0) is 12.8 Å². The first-order chi connectivity index (χ1) is 11.2. The Morgan fingerprint density at radius 1 is 0.739 bits per heavy atom. The maximum Gasteiger partial charge on any atom is 0.327 e. The van der Waals surface area contributed by atoms with Gasteiger partial charge in [-0.1, -0.05) is 103 Å². The minimum absolute atomic E-state index is 0.833. The summed E-state index contributed by atoms with van der Waals surface area (Å²) in [6, 6.07) is 0. The molecule has 0 bridgehead atoms. The van der Waals surface area contributed by atoms with Crippen molar-refractivity contribution in [3.05, 3.63) is 25.3 Å². The fraction of sp³-hybridized carbons (Fsp3) is 0.762. The molecule has 0 aliphatic heterocycles. The minimum atomic E-state index is -0.981. The van der Waals surface area contributed by atoms with Crippen molar-refractivity contribution in [3.8, 4) is 0 Å². The molecule has 0 aromatic rings. The highest BCUT2D eigenvalue weighted by Gasteiger charge is 1.93. The fourth-order valence-electron chi connectivity index (χ4n) is 2.48. The first kappa shape index (κ1) is 24.2. The lowest BCUT2D eigenvalue weighted by atomic mass is 10.0. The van der Waals surface area contributed by atoms with Crippen LogP contribution in [0.1, 0.15) is 103 Å². The van der Waals surface area contributed by atoms with Crippen molar-refractivity contribution in [1.29, 1.82) is 0 Å². The Labute approximate surface area is 145 Å². The Kier molecular flexibility index (Phi) is 24.4. The number of carboxylic acids is 1. The number of rotatable bonds is 16. The van der Waals surface area contributed by atoms with E-state index in [0.29, 0.717) is 0 Å². The zero-order valence-corrected chi connectivity index (χ0v) is 15.5. The van der Waals surface area contributed by atoms with Gasteiger partial charge in [-0.15, -0.1) is 6.58 Å². The molecule has 1 N–H and O–H groups in total. The van der Waals surface area contributed by atoms with Crippen molar-refractivity contribution < 1.29 is 9.90 Å². The molecule has 0 aromatic heterocycles. The smallest absolute Gasteiger partial charge is 0.327 e. The Morgan fingerprint density at radius 2 is 1.04 bits per heavy atom. The first-order valence-corrected chi connectivity index (χ1v) is 9.65. The van der Waals surface area contributed by atoms with Crippen molar-refractivity contribution in [2.24, 2.45) is 0 Å². The van der Waals surface area contributed by atoms with Crippen LogP contribution in [0.15, 0.2) is 25.3 Å². The summed E-state index contributed by atoms with van der Waals surface area (Å²) >= 11 is 0. The molecule has 2 heteroatoms. The summed E-state index contributed by atoms with van der Waals surface area (Å²) in [6.45, 7) is 9.01. The van der Waals surface area contributed by atoms with Gasteiger partial charge >= 0.3 is 5.97 Å². The summed E-state index contributed by atoms with van der Waals surface area (Å²) in [6.07, 6.45) is 24.3. The zero-order valence-electron chi connectivity index (χ0n) is 15.5.